The number of nitrogens with zero attached hydrogens (tertiary/aromatic N) is 2. The van der Waals surface area contributed by atoms with Gasteiger partial charge in [-0.05, 0) is 37.5 Å². The summed E-state index contributed by atoms with van der Waals surface area (Å²) < 4.78 is 1.67. The van der Waals surface area contributed by atoms with Gasteiger partial charge in [0.15, 0.2) is 0 Å². The Balaban J connectivity index is 1.60. The maximum absolute atomic E-state index is 12.7. The molecule has 2 aromatic carbocycles. The number of fused-ring (bicyclic) bond motifs is 1. The van der Waals surface area contributed by atoms with Crippen LogP contribution in [0.1, 0.15) is 36.2 Å². The Morgan fingerprint density at radius 3 is 2.62 bits per heavy atom. The van der Waals surface area contributed by atoms with Crippen molar-refractivity contribution in [2.75, 3.05) is 10.6 Å². The molecule has 6 nitrogen and oxygen atoms in total. The van der Waals surface area contributed by atoms with Crippen molar-refractivity contribution in [3.05, 3.63) is 65.4 Å². The fourth-order valence-corrected chi connectivity index (χ4v) is 3.80. The number of hydrogen-bond acceptors (Lipinski definition) is 3. The van der Waals surface area contributed by atoms with Crippen LogP contribution in [-0.2, 0) is 16.0 Å². The zero-order chi connectivity index (χ0) is 20.5. The lowest BCUT2D eigenvalue weighted by atomic mass is 10.0. The number of anilines is 2. The van der Waals surface area contributed by atoms with Crippen LogP contribution in [0.3, 0.4) is 0 Å². The van der Waals surface area contributed by atoms with Crippen LogP contribution in [0.5, 0.6) is 0 Å². The quantitative estimate of drug-likeness (QED) is 0.686. The maximum Gasteiger partial charge on any atom is 0.251 e. The summed E-state index contributed by atoms with van der Waals surface area (Å²) >= 11 is 0. The molecule has 2 N–H and O–H groups in total. The monoisotopic (exact) mass is 388 g/mol. The molecule has 0 saturated carbocycles. The van der Waals surface area contributed by atoms with E-state index in [1.807, 2.05) is 69.3 Å². The number of carbonyl (C=O) groups is 2. The molecule has 1 aliphatic rings. The van der Waals surface area contributed by atoms with E-state index in [0.29, 0.717) is 5.82 Å². The predicted octanol–water partition coefficient (Wildman–Crippen LogP) is 4.25. The van der Waals surface area contributed by atoms with Crippen molar-refractivity contribution < 1.29 is 9.59 Å². The normalized spacial score (nSPS) is 15.1. The first kappa shape index (κ1) is 18.9. The van der Waals surface area contributed by atoms with Gasteiger partial charge in [0.25, 0.3) is 5.91 Å². The van der Waals surface area contributed by atoms with Gasteiger partial charge in [0.05, 0.1) is 12.1 Å². The average Bonchev–Trinajstić information content (AvgIpc) is 3.20. The number of benzene rings is 2. The Labute approximate surface area is 169 Å². The Morgan fingerprint density at radius 2 is 1.93 bits per heavy atom. The Bertz CT molecular complexity index is 1090. The second-order valence-corrected chi connectivity index (χ2v) is 7.41. The van der Waals surface area contributed by atoms with Gasteiger partial charge in [-0.3, -0.25) is 9.59 Å². The molecule has 0 radical (unpaired) electrons. The summed E-state index contributed by atoms with van der Waals surface area (Å²) in [5, 5.41) is 10.5. The summed E-state index contributed by atoms with van der Waals surface area (Å²) in [4.78, 5) is 25.3. The number of carbonyl (C=O) groups excluding carboxylic acids is 2. The number of amides is 2. The molecular weight excluding hydrogens is 364 g/mol. The molecule has 29 heavy (non-hydrogen) atoms. The highest BCUT2D eigenvalue weighted by Gasteiger charge is 2.36. The van der Waals surface area contributed by atoms with Crippen molar-refractivity contribution in [3.63, 3.8) is 0 Å². The van der Waals surface area contributed by atoms with E-state index in [1.54, 1.807) is 4.68 Å². The minimum Gasteiger partial charge on any atom is -0.326 e. The van der Waals surface area contributed by atoms with Crippen molar-refractivity contribution in [1.29, 1.82) is 0 Å². The average molecular weight is 388 g/mol. The lowest BCUT2D eigenvalue weighted by molar-refractivity contribution is -0.123. The van der Waals surface area contributed by atoms with Crippen molar-refractivity contribution in [3.8, 4) is 11.1 Å². The van der Waals surface area contributed by atoms with Crippen molar-refractivity contribution in [2.24, 2.45) is 0 Å². The number of hydrogen-bond donors (Lipinski definition) is 2. The molecule has 0 spiro atoms. The first-order chi connectivity index (χ1) is 14.0. The topological polar surface area (TPSA) is 76.0 Å². The molecule has 0 aliphatic carbocycles. The summed E-state index contributed by atoms with van der Waals surface area (Å²) in [6, 6.07) is 15.1. The van der Waals surface area contributed by atoms with Gasteiger partial charge in [-0.2, -0.15) is 5.10 Å². The fourth-order valence-electron chi connectivity index (χ4n) is 3.80. The second-order valence-electron chi connectivity index (χ2n) is 7.41. The molecular formula is C23H24N4O2. The summed E-state index contributed by atoms with van der Waals surface area (Å²) in [6.45, 7) is 6.00. The SMILES string of the molecule is CCc1nn2c(c1-c1ccccc1)NC(=O)C2CC(=O)Nc1ccc(C)cc1C. The van der Waals surface area contributed by atoms with Crippen LogP contribution in [0.15, 0.2) is 48.5 Å². The van der Waals surface area contributed by atoms with Gasteiger partial charge >= 0.3 is 0 Å². The van der Waals surface area contributed by atoms with Gasteiger partial charge in [0.1, 0.15) is 11.9 Å². The molecule has 4 rings (SSSR count). The number of aryl methyl sites for hydroxylation is 3. The van der Waals surface area contributed by atoms with E-state index in [0.717, 1.165) is 40.1 Å². The first-order valence-electron chi connectivity index (χ1n) is 9.82. The van der Waals surface area contributed by atoms with Gasteiger partial charge < -0.3 is 10.6 Å². The van der Waals surface area contributed by atoms with Gasteiger partial charge in [0, 0.05) is 11.3 Å². The van der Waals surface area contributed by atoms with Crippen LogP contribution < -0.4 is 10.6 Å². The van der Waals surface area contributed by atoms with Crippen LogP contribution in [-0.4, -0.2) is 21.6 Å². The third-order valence-corrected chi connectivity index (χ3v) is 5.25. The van der Waals surface area contributed by atoms with Crippen LogP contribution in [0.25, 0.3) is 11.1 Å². The summed E-state index contributed by atoms with van der Waals surface area (Å²) in [5.41, 5.74) is 5.74. The molecule has 1 unspecified atom stereocenters. The van der Waals surface area contributed by atoms with Crippen LogP contribution >= 0.6 is 0 Å². The lowest BCUT2D eigenvalue weighted by Crippen LogP contribution is -2.24. The van der Waals surface area contributed by atoms with Gasteiger partial charge in [-0.25, -0.2) is 4.68 Å². The van der Waals surface area contributed by atoms with E-state index in [-0.39, 0.29) is 18.2 Å². The molecule has 1 atom stereocenters. The number of nitrogens with one attached hydrogen (secondary N) is 2. The molecule has 1 aromatic heterocycles. The third kappa shape index (κ3) is 3.53. The smallest absolute Gasteiger partial charge is 0.251 e. The molecule has 0 bridgehead atoms. The summed E-state index contributed by atoms with van der Waals surface area (Å²) in [5.74, 6) is 0.255. The van der Waals surface area contributed by atoms with E-state index in [2.05, 4.69) is 15.7 Å². The minimum atomic E-state index is -0.654. The Kier molecular flexibility index (Phi) is 4.92. The van der Waals surface area contributed by atoms with E-state index < -0.39 is 6.04 Å². The predicted molar refractivity (Wildman–Crippen MR) is 114 cm³/mol. The van der Waals surface area contributed by atoms with Crippen molar-refractivity contribution >= 4 is 23.3 Å². The molecule has 148 valence electrons. The van der Waals surface area contributed by atoms with Gasteiger partial charge in [-0.15, -0.1) is 0 Å². The van der Waals surface area contributed by atoms with Crippen molar-refractivity contribution in [1.82, 2.24) is 9.78 Å². The minimum absolute atomic E-state index is 0.0330. The molecule has 0 fully saturated rings. The highest BCUT2D eigenvalue weighted by atomic mass is 16.2. The van der Waals surface area contributed by atoms with Crippen LogP contribution in [0.2, 0.25) is 0 Å². The number of rotatable bonds is 5. The summed E-state index contributed by atoms with van der Waals surface area (Å²) in [7, 11) is 0. The second kappa shape index (κ2) is 7.54. The maximum atomic E-state index is 12.7. The molecule has 3 aromatic rings. The zero-order valence-corrected chi connectivity index (χ0v) is 16.8. The van der Waals surface area contributed by atoms with E-state index in [4.69, 9.17) is 0 Å². The molecule has 0 saturated heterocycles. The third-order valence-electron chi connectivity index (χ3n) is 5.25. The highest BCUT2D eigenvalue weighted by molar-refractivity contribution is 6.04. The molecule has 2 amide bonds. The van der Waals surface area contributed by atoms with Gasteiger partial charge in [-0.1, -0.05) is 55.0 Å². The Morgan fingerprint density at radius 1 is 1.17 bits per heavy atom. The molecule has 2 heterocycles. The van der Waals surface area contributed by atoms with Crippen LogP contribution in [0.4, 0.5) is 11.5 Å². The highest BCUT2D eigenvalue weighted by Crippen LogP contribution is 2.38. The first-order valence-corrected chi connectivity index (χ1v) is 9.82. The van der Waals surface area contributed by atoms with Crippen molar-refractivity contribution in [2.45, 2.75) is 39.7 Å². The van der Waals surface area contributed by atoms with E-state index in [1.165, 1.54) is 0 Å². The zero-order valence-electron chi connectivity index (χ0n) is 16.8. The standard InChI is InChI=1S/C23H24N4O2/c1-4-17-21(16-8-6-5-7-9-16)22-25-23(29)19(27(22)26-17)13-20(28)24-18-11-10-14(2)12-15(18)3/h5-12,19H,4,13H2,1-3H3,(H,24,28)(H,25,29). The number of aromatic nitrogens is 2. The van der Waals surface area contributed by atoms with E-state index >= 15 is 0 Å². The largest absolute Gasteiger partial charge is 0.326 e. The summed E-state index contributed by atoms with van der Waals surface area (Å²) in [6.07, 6.45) is 0.771. The van der Waals surface area contributed by atoms with Gasteiger partial charge in [0.2, 0.25) is 5.91 Å². The lowest BCUT2D eigenvalue weighted by Gasteiger charge is -2.12. The molecule has 6 heteroatoms. The molecule has 1 aliphatic heterocycles. The fraction of sp³-hybridized carbons (Fsp3) is 0.261. The Hall–Kier alpha value is -3.41. The van der Waals surface area contributed by atoms with Crippen LogP contribution in [0, 0.1) is 13.8 Å². The van der Waals surface area contributed by atoms with E-state index in [9.17, 15) is 9.59 Å².